The number of nitrogens with zero attached hydrogens (tertiary/aromatic N) is 4. The molecule has 1 aromatic rings. The lowest BCUT2D eigenvalue weighted by Gasteiger charge is -2.30. The molecule has 1 fully saturated rings. The number of carbonyl (C=O) groups is 1. The lowest BCUT2D eigenvalue weighted by molar-refractivity contribution is 0.0360. The number of rotatable bonds is 9. The predicted octanol–water partition coefficient (Wildman–Crippen LogP) is 1.91. The first-order valence-corrected chi connectivity index (χ1v) is 9.90. The summed E-state index contributed by atoms with van der Waals surface area (Å²) in [7, 11) is 7.32. The summed E-state index contributed by atoms with van der Waals surface area (Å²) in [5.74, 6) is -0.383. The topological polar surface area (TPSA) is 60.5 Å². The molecule has 1 aliphatic rings. The molecule has 2 rings (SSSR count). The van der Waals surface area contributed by atoms with Gasteiger partial charge in [-0.1, -0.05) is 6.92 Å². The number of thiocarbonyl (C=S) groups is 1. The molecule has 1 heterocycles. The first-order valence-electron chi connectivity index (χ1n) is 9.49. The fourth-order valence-corrected chi connectivity index (χ4v) is 2.99. The second-order valence-electron chi connectivity index (χ2n) is 6.90. The maximum absolute atomic E-state index is 14.7. The average Bonchev–Trinajstić information content (AvgIpc) is 3.09. The van der Waals surface area contributed by atoms with Crippen LogP contribution >= 0.6 is 12.2 Å². The van der Waals surface area contributed by atoms with Crippen LogP contribution in [-0.2, 0) is 9.47 Å². The highest BCUT2D eigenvalue weighted by Crippen LogP contribution is 2.27. The Morgan fingerprint density at radius 1 is 1.34 bits per heavy atom. The quantitative estimate of drug-likeness (QED) is 0.474. The molecular weight excluding hydrogens is 397 g/mol. The Hall–Kier alpha value is -2.17. The Morgan fingerprint density at radius 2 is 2.07 bits per heavy atom. The highest BCUT2D eigenvalue weighted by Gasteiger charge is 2.32. The summed E-state index contributed by atoms with van der Waals surface area (Å²) in [6.07, 6.45) is -0.906. The second-order valence-corrected chi connectivity index (χ2v) is 7.27. The number of amides is 1. The number of hydrogen-bond acceptors (Lipinski definition) is 7. The summed E-state index contributed by atoms with van der Waals surface area (Å²) >= 11 is 4.91. The second kappa shape index (κ2) is 10.6. The van der Waals surface area contributed by atoms with Crippen LogP contribution < -0.4 is 15.1 Å². The third-order valence-electron chi connectivity index (χ3n) is 4.99. The molecule has 10 heteroatoms. The number of carbonyl (C=O) groups excluding carboxylic acids is 1. The van der Waals surface area contributed by atoms with Crippen LogP contribution in [0.5, 0.6) is 0 Å². The molecule has 8 nitrogen and oxygen atoms in total. The number of nitrogens with one attached hydrogen (secondary N) is 1. The van der Waals surface area contributed by atoms with Crippen LogP contribution in [0.1, 0.15) is 6.92 Å². The van der Waals surface area contributed by atoms with Gasteiger partial charge in [0.05, 0.1) is 31.6 Å². The zero-order valence-corrected chi connectivity index (χ0v) is 18.5. The smallest absolute Gasteiger partial charge is 0.414 e. The van der Waals surface area contributed by atoms with Crippen LogP contribution in [0.4, 0.5) is 20.6 Å². The fraction of sp³-hybridized carbons (Fsp3) is 0.579. The summed E-state index contributed by atoms with van der Waals surface area (Å²) in [6.45, 7) is 5.05. The maximum atomic E-state index is 14.7. The van der Waals surface area contributed by atoms with Gasteiger partial charge in [0.15, 0.2) is 0 Å². The van der Waals surface area contributed by atoms with Gasteiger partial charge in [-0.05, 0) is 30.4 Å². The highest BCUT2D eigenvalue weighted by molar-refractivity contribution is 7.80. The minimum absolute atomic E-state index is 0.230. The molecule has 29 heavy (non-hydrogen) atoms. The molecule has 0 aliphatic carbocycles. The van der Waals surface area contributed by atoms with Gasteiger partial charge in [0.1, 0.15) is 11.9 Å². The van der Waals surface area contributed by atoms with Gasteiger partial charge >= 0.3 is 6.09 Å². The van der Waals surface area contributed by atoms with E-state index in [0.717, 1.165) is 13.1 Å². The van der Waals surface area contributed by atoms with E-state index in [4.69, 9.17) is 21.7 Å². The number of halogens is 1. The van der Waals surface area contributed by atoms with E-state index in [1.807, 2.05) is 26.0 Å². The van der Waals surface area contributed by atoms with E-state index < -0.39 is 12.2 Å². The van der Waals surface area contributed by atoms with Crippen molar-refractivity contribution in [3.05, 3.63) is 24.0 Å². The summed E-state index contributed by atoms with van der Waals surface area (Å²) < 4.78 is 24.9. The van der Waals surface area contributed by atoms with E-state index in [9.17, 15) is 9.18 Å². The lowest BCUT2D eigenvalue weighted by Crippen LogP contribution is -2.41. The molecule has 0 unspecified atom stereocenters. The van der Waals surface area contributed by atoms with Crippen molar-refractivity contribution in [2.24, 2.45) is 0 Å². The van der Waals surface area contributed by atoms with Gasteiger partial charge in [0.25, 0.3) is 5.17 Å². The Morgan fingerprint density at radius 3 is 2.69 bits per heavy atom. The van der Waals surface area contributed by atoms with E-state index in [1.54, 1.807) is 12.1 Å². The van der Waals surface area contributed by atoms with Crippen molar-refractivity contribution in [2.75, 3.05) is 70.8 Å². The summed E-state index contributed by atoms with van der Waals surface area (Å²) in [4.78, 5) is 15.4. The number of likely N-dealkylation sites (N-methyl/N-ethyl adjacent to an activating group) is 2. The number of cyclic esters (lactones) is 1. The minimum Gasteiger partial charge on any atom is -0.474 e. The van der Waals surface area contributed by atoms with Gasteiger partial charge in [-0.25, -0.2) is 19.2 Å². The van der Waals surface area contributed by atoms with Crippen LogP contribution in [0.25, 0.3) is 0 Å². The van der Waals surface area contributed by atoms with Crippen molar-refractivity contribution in [3.63, 3.8) is 0 Å². The number of benzene rings is 1. The summed E-state index contributed by atoms with van der Waals surface area (Å²) in [5, 5.41) is 7.27. The average molecular weight is 428 g/mol. The Kier molecular flexibility index (Phi) is 8.42. The van der Waals surface area contributed by atoms with E-state index in [0.29, 0.717) is 31.0 Å². The first-order chi connectivity index (χ1) is 13.8. The molecule has 0 aromatic heterocycles. The molecule has 1 aliphatic heterocycles. The molecule has 1 saturated heterocycles. The zero-order chi connectivity index (χ0) is 21.6. The van der Waals surface area contributed by atoms with Crippen molar-refractivity contribution in [1.82, 2.24) is 15.3 Å². The fourth-order valence-electron chi connectivity index (χ4n) is 2.91. The van der Waals surface area contributed by atoms with Crippen LogP contribution in [0.3, 0.4) is 0 Å². The number of methoxy groups -OCH3 is 1. The van der Waals surface area contributed by atoms with Gasteiger partial charge in [-0.2, -0.15) is 0 Å². The van der Waals surface area contributed by atoms with E-state index in [1.165, 1.54) is 18.1 Å². The number of hydrazine groups is 1. The van der Waals surface area contributed by atoms with Gasteiger partial charge in [-0.15, -0.1) is 0 Å². The molecule has 1 atom stereocenters. The molecule has 0 spiro atoms. The van der Waals surface area contributed by atoms with E-state index in [-0.39, 0.29) is 11.0 Å². The van der Waals surface area contributed by atoms with E-state index in [2.05, 4.69) is 22.3 Å². The largest absolute Gasteiger partial charge is 0.474 e. The number of ether oxygens (including phenoxy) is 2. The Bertz CT molecular complexity index is 723. The molecule has 1 amide bonds. The van der Waals surface area contributed by atoms with Crippen molar-refractivity contribution in [2.45, 2.75) is 13.0 Å². The number of anilines is 2. The zero-order valence-electron chi connectivity index (χ0n) is 17.6. The predicted molar refractivity (Wildman–Crippen MR) is 116 cm³/mol. The van der Waals surface area contributed by atoms with Crippen LogP contribution in [-0.4, -0.2) is 88.4 Å². The molecule has 1 aromatic carbocycles. The molecule has 1 N–H and O–H groups in total. The van der Waals surface area contributed by atoms with Crippen molar-refractivity contribution >= 4 is 34.9 Å². The van der Waals surface area contributed by atoms with Gasteiger partial charge in [0.2, 0.25) is 0 Å². The van der Waals surface area contributed by atoms with Crippen LogP contribution in [0, 0.1) is 5.82 Å². The third-order valence-corrected chi connectivity index (χ3v) is 5.30. The summed E-state index contributed by atoms with van der Waals surface area (Å²) in [5.41, 5.74) is 0.946. The normalized spacial score (nSPS) is 16.3. The van der Waals surface area contributed by atoms with Crippen LogP contribution in [0.2, 0.25) is 0 Å². The molecular formula is C19H30FN5O3S. The molecule has 0 bridgehead atoms. The monoisotopic (exact) mass is 427 g/mol. The molecule has 0 saturated carbocycles. The highest BCUT2D eigenvalue weighted by atomic mass is 32.1. The maximum Gasteiger partial charge on any atom is 0.414 e. The Labute approximate surface area is 177 Å². The third kappa shape index (κ3) is 6.15. The standard InChI is InChI=1S/C19H30FN5O3S/c1-6-23(3)24(4)10-9-22(2)17-8-7-14(11-16(17)20)25-13-15(28-19(25)26)12-21-18(29)27-5/h7-8,11,15H,6,9-10,12-13H2,1-5H3,(H,21,29)/t15-/m0/s1. The van der Waals surface area contributed by atoms with Gasteiger partial charge in [0, 0.05) is 40.8 Å². The van der Waals surface area contributed by atoms with Crippen molar-refractivity contribution in [3.8, 4) is 0 Å². The molecule has 0 radical (unpaired) electrons. The summed E-state index contributed by atoms with van der Waals surface area (Å²) in [6, 6.07) is 4.78. The van der Waals surface area contributed by atoms with Gasteiger partial charge in [-0.3, -0.25) is 4.90 Å². The Balaban J connectivity index is 1.98. The van der Waals surface area contributed by atoms with Crippen molar-refractivity contribution < 1.29 is 18.7 Å². The number of hydrogen-bond donors (Lipinski definition) is 1. The van der Waals surface area contributed by atoms with E-state index >= 15 is 0 Å². The van der Waals surface area contributed by atoms with Crippen molar-refractivity contribution in [1.29, 1.82) is 0 Å². The molecule has 162 valence electrons. The SMILES string of the molecule is CCN(C)N(C)CCN(C)c1ccc(N2C[C@H](CNC(=S)OC)OC2=O)cc1F. The first kappa shape index (κ1) is 23.1. The van der Waals surface area contributed by atoms with Crippen LogP contribution in [0.15, 0.2) is 18.2 Å². The lowest BCUT2D eigenvalue weighted by atomic mass is 10.2. The minimum atomic E-state index is -0.509. The van der Waals surface area contributed by atoms with Gasteiger partial charge < -0.3 is 19.7 Å².